The van der Waals surface area contributed by atoms with Crippen LogP contribution in [0.4, 0.5) is 8.78 Å². The van der Waals surface area contributed by atoms with Crippen LogP contribution in [0.3, 0.4) is 0 Å². The highest BCUT2D eigenvalue weighted by Gasteiger charge is 2.59. The van der Waals surface area contributed by atoms with Gasteiger partial charge in [0.25, 0.3) is 0 Å². The summed E-state index contributed by atoms with van der Waals surface area (Å²) in [4.78, 5) is 0. The molecular formula is C5H10F2O4P2. The summed E-state index contributed by atoms with van der Waals surface area (Å²) in [6.45, 7) is -0.0869. The van der Waals surface area contributed by atoms with Crippen LogP contribution in [-0.2, 0) is 13.8 Å². The van der Waals surface area contributed by atoms with Crippen LogP contribution in [-0.4, -0.2) is 36.1 Å². The molecule has 1 N–H and O–H groups in total. The Kier molecular flexibility index (Phi) is 3.93. The molecule has 0 aromatic rings. The summed E-state index contributed by atoms with van der Waals surface area (Å²) in [5.41, 5.74) is 0. The van der Waals surface area contributed by atoms with Gasteiger partial charge in [-0.1, -0.05) is 0 Å². The van der Waals surface area contributed by atoms with E-state index in [0.29, 0.717) is 0 Å². The Morgan fingerprint density at radius 2 is 2.08 bits per heavy atom. The van der Waals surface area contributed by atoms with Gasteiger partial charge >= 0.3 is 5.92 Å². The van der Waals surface area contributed by atoms with Gasteiger partial charge in [0, 0.05) is 18.9 Å². The quantitative estimate of drug-likeness (QED) is 0.714. The van der Waals surface area contributed by atoms with Crippen molar-refractivity contribution in [3.05, 3.63) is 0 Å². The van der Waals surface area contributed by atoms with E-state index in [1.807, 2.05) is 9.47 Å². The molecule has 2 unspecified atom stereocenters. The molecule has 0 radical (unpaired) electrons. The third-order valence-electron chi connectivity index (χ3n) is 1.76. The monoisotopic (exact) mass is 234 g/mol. The molecule has 0 aliphatic carbocycles. The lowest BCUT2D eigenvalue weighted by atomic mass is 10.1. The van der Waals surface area contributed by atoms with Crippen LogP contribution in [0.25, 0.3) is 0 Å². The van der Waals surface area contributed by atoms with Crippen LogP contribution in [0.5, 0.6) is 0 Å². The lowest BCUT2D eigenvalue weighted by Crippen LogP contribution is -2.41. The van der Waals surface area contributed by atoms with Gasteiger partial charge in [0.2, 0.25) is 6.29 Å². The number of hydrogen-bond donors (Lipinski definition) is 1. The molecule has 1 heterocycles. The standard InChI is InChI=1S/C5H10F2O4P2/c6-5(7)3(11-13)2(1-9-12)10-4(5)8/h2-4,8H,1,12-13H2/t2-,3+,4-/m1/s1. The Morgan fingerprint density at radius 1 is 1.46 bits per heavy atom. The van der Waals surface area contributed by atoms with Gasteiger partial charge in [-0.15, -0.1) is 0 Å². The van der Waals surface area contributed by atoms with Crippen molar-refractivity contribution in [3.63, 3.8) is 0 Å². The second-order valence-electron chi connectivity index (χ2n) is 2.59. The molecular weight excluding hydrogens is 224 g/mol. The summed E-state index contributed by atoms with van der Waals surface area (Å²) < 4.78 is 39.6. The zero-order valence-electron chi connectivity index (χ0n) is 6.52. The van der Waals surface area contributed by atoms with Gasteiger partial charge in [-0.25, -0.2) is 0 Å². The zero-order valence-corrected chi connectivity index (χ0v) is 8.83. The fourth-order valence-electron chi connectivity index (χ4n) is 1.12. The van der Waals surface area contributed by atoms with Gasteiger partial charge in [0.15, 0.2) is 6.10 Å². The minimum atomic E-state index is -3.41. The summed E-state index contributed by atoms with van der Waals surface area (Å²) >= 11 is 0. The van der Waals surface area contributed by atoms with E-state index >= 15 is 0 Å². The molecule has 8 heteroatoms. The highest BCUT2D eigenvalue weighted by Crippen LogP contribution is 2.38. The molecule has 78 valence electrons. The lowest BCUT2D eigenvalue weighted by molar-refractivity contribution is -0.196. The predicted octanol–water partition coefficient (Wildman–Crippen LogP) is 0.321. The van der Waals surface area contributed by atoms with Crippen molar-refractivity contribution in [3.8, 4) is 0 Å². The molecule has 1 rings (SSSR count). The maximum Gasteiger partial charge on any atom is 0.326 e. The van der Waals surface area contributed by atoms with Crippen molar-refractivity contribution in [2.24, 2.45) is 0 Å². The minimum Gasteiger partial charge on any atom is -0.363 e. The third kappa shape index (κ3) is 2.14. The molecule has 4 nitrogen and oxygen atoms in total. The largest absolute Gasteiger partial charge is 0.363 e. The number of ether oxygens (including phenoxy) is 1. The molecule has 1 aliphatic rings. The number of alkyl halides is 2. The van der Waals surface area contributed by atoms with Crippen molar-refractivity contribution < 1.29 is 27.7 Å². The Hall–Kier alpha value is 0.560. The van der Waals surface area contributed by atoms with E-state index in [-0.39, 0.29) is 6.61 Å². The highest BCUT2D eigenvalue weighted by molar-refractivity contribution is 7.10. The Bertz CT molecular complexity index is 182. The summed E-state index contributed by atoms with van der Waals surface area (Å²) in [5, 5.41) is 8.83. The molecule has 0 amide bonds. The van der Waals surface area contributed by atoms with Gasteiger partial charge in [-0.2, -0.15) is 8.78 Å². The maximum atomic E-state index is 13.0. The summed E-state index contributed by atoms with van der Waals surface area (Å²) in [5.74, 6) is -3.41. The minimum absolute atomic E-state index is 0.0869. The van der Waals surface area contributed by atoms with E-state index in [2.05, 4.69) is 13.8 Å². The molecule has 0 aromatic heterocycles. The molecule has 1 saturated heterocycles. The normalized spacial score (nSPS) is 38.1. The second kappa shape index (κ2) is 4.39. The summed E-state index contributed by atoms with van der Waals surface area (Å²) in [6.07, 6.45) is -4.61. The average Bonchev–Trinajstić information content (AvgIpc) is 2.24. The van der Waals surface area contributed by atoms with E-state index in [0.717, 1.165) is 0 Å². The Morgan fingerprint density at radius 3 is 2.54 bits per heavy atom. The van der Waals surface area contributed by atoms with Crippen molar-refractivity contribution in [1.82, 2.24) is 0 Å². The Balaban J connectivity index is 2.70. The van der Waals surface area contributed by atoms with Gasteiger partial charge < -0.3 is 18.9 Å². The van der Waals surface area contributed by atoms with Crippen LogP contribution in [0.15, 0.2) is 0 Å². The molecule has 0 saturated carbocycles. The van der Waals surface area contributed by atoms with Gasteiger partial charge in [-0.3, -0.25) is 0 Å². The van der Waals surface area contributed by atoms with Crippen LogP contribution in [0.1, 0.15) is 0 Å². The first-order chi connectivity index (χ1) is 6.04. The molecule has 0 aromatic carbocycles. The van der Waals surface area contributed by atoms with E-state index < -0.39 is 24.4 Å². The predicted molar refractivity (Wildman–Crippen MR) is 46.1 cm³/mol. The van der Waals surface area contributed by atoms with Gasteiger partial charge in [0.05, 0.1) is 6.61 Å². The van der Waals surface area contributed by atoms with Crippen molar-refractivity contribution in [2.45, 2.75) is 24.4 Å². The van der Waals surface area contributed by atoms with E-state index in [9.17, 15) is 8.78 Å². The Labute approximate surface area is 78.5 Å². The first-order valence-corrected chi connectivity index (χ1v) is 4.37. The number of hydrogen-bond acceptors (Lipinski definition) is 4. The molecule has 1 aliphatic heterocycles. The fourth-order valence-corrected chi connectivity index (χ4v) is 1.66. The number of aliphatic hydroxyl groups is 1. The number of aliphatic hydroxyl groups excluding tert-OH is 1. The SMILES string of the molecule is O[C@@H]1O[C@H](COP)[C@H](OP)C1(F)F. The van der Waals surface area contributed by atoms with Crippen LogP contribution >= 0.6 is 18.9 Å². The van der Waals surface area contributed by atoms with E-state index in [1.165, 1.54) is 0 Å². The first kappa shape index (κ1) is 11.6. The maximum absolute atomic E-state index is 13.0. The molecule has 0 bridgehead atoms. The third-order valence-corrected chi connectivity index (χ3v) is 2.24. The van der Waals surface area contributed by atoms with Crippen LogP contribution in [0.2, 0.25) is 0 Å². The smallest absolute Gasteiger partial charge is 0.326 e. The van der Waals surface area contributed by atoms with Crippen molar-refractivity contribution in [2.75, 3.05) is 6.61 Å². The molecule has 13 heavy (non-hydrogen) atoms. The summed E-state index contributed by atoms with van der Waals surface area (Å²) in [6, 6.07) is 0. The van der Waals surface area contributed by atoms with Crippen molar-refractivity contribution >= 4 is 18.9 Å². The average molecular weight is 234 g/mol. The molecule has 1 fully saturated rings. The first-order valence-electron chi connectivity index (χ1n) is 3.42. The van der Waals surface area contributed by atoms with Crippen LogP contribution in [0, 0.1) is 0 Å². The lowest BCUT2D eigenvalue weighted by Gasteiger charge is -2.19. The van der Waals surface area contributed by atoms with Gasteiger partial charge in [-0.05, 0) is 0 Å². The van der Waals surface area contributed by atoms with E-state index in [1.54, 1.807) is 9.47 Å². The molecule has 0 spiro atoms. The second-order valence-corrected chi connectivity index (χ2v) is 3.20. The molecule has 5 atom stereocenters. The van der Waals surface area contributed by atoms with Crippen LogP contribution < -0.4 is 0 Å². The topological polar surface area (TPSA) is 47.9 Å². The number of rotatable bonds is 3. The van der Waals surface area contributed by atoms with Gasteiger partial charge in [0.1, 0.15) is 6.10 Å². The number of halogens is 2. The van der Waals surface area contributed by atoms with E-state index in [4.69, 9.17) is 5.11 Å². The fraction of sp³-hybridized carbons (Fsp3) is 1.00. The zero-order chi connectivity index (χ0) is 10.1. The highest BCUT2D eigenvalue weighted by atomic mass is 31.0. The van der Waals surface area contributed by atoms with Crippen molar-refractivity contribution in [1.29, 1.82) is 0 Å². The summed E-state index contributed by atoms with van der Waals surface area (Å²) in [7, 11) is 3.63.